The molecule has 0 aliphatic rings. The van der Waals surface area contributed by atoms with Crippen molar-refractivity contribution in [2.45, 2.75) is 6.42 Å². The van der Waals surface area contributed by atoms with Crippen molar-refractivity contribution in [2.75, 3.05) is 13.6 Å². The van der Waals surface area contributed by atoms with E-state index in [9.17, 15) is 5.11 Å². The summed E-state index contributed by atoms with van der Waals surface area (Å²) in [6, 6.07) is 4.88. The van der Waals surface area contributed by atoms with Gasteiger partial charge in [-0.2, -0.15) is 0 Å². The first kappa shape index (κ1) is 11.1. The first-order chi connectivity index (χ1) is 7.70. The van der Waals surface area contributed by atoms with Crippen molar-refractivity contribution < 1.29 is 5.11 Å². The van der Waals surface area contributed by atoms with Crippen LogP contribution < -0.4 is 5.32 Å². The molecule has 1 aromatic heterocycles. The van der Waals surface area contributed by atoms with Gasteiger partial charge in [0, 0.05) is 24.4 Å². The third kappa shape index (κ3) is 2.23. The molecule has 0 bridgehead atoms. The molecule has 4 nitrogen and oxygen atoms in total. The fraction of sp³-hybridized carbons (Fsp3) is 0.273. The summed E-state index contributed by atoms with van der Waals surface area (Å²) in [6.07, 6.45) is 0.710. The molecule has 0 atom stereocenters. The molecule has 0 amide bonds. The van der Waals surface area contributed by atoms with Crippen LogP contribution in [0.1, 0.15) is 5.82 Å². The minimum atomic E-state index is 0.182. The number of fused-ring (bicyclic) bond motifs is 1. The second kappa shape index (κ2) is 4.63. The van der Waals surface area contributed by atoms with Crippen molar-refractivity contribution in [3.05, 3.63) is 29.2 Å². The number of hydrogen-bond acceptors (Lipinski definition) is 4. The zero-order valence-electron chi connectivity index (χ0n) is 8.87. The van der Waals surface area contributed by atoms with E-state index in [0.29, 0.717) is 22.9 Å². The lowest BCUT2D eigenvalue weighted by Crippen LogP contribution is -2.12. The molecule has 0 saturated heterocycles. The molecule has 0 aliphatic heterocycles. The predicted molar refractivity (Wildman–Crippen MR) is 63.8 cm³/mol. The molecule has 0 radical (unpaired) electrons. The molecule has 84 valence electrons. The van der Waals surface area contributed by atoms with Crippen LogP contribution >= 0.6 is 11.6 Å². The maximum atomic E-state index is 9.37. The molecule has 1 aromatic carbocycles. The number of aromatic nitrogens is 2. The number of phenolic OH excluding ortho intramolecular Hbond substituents is 1. The van der Waals surface area contributed by atoms with Crippen LogP contribution in [0.4, 0.5) is 0 Å². The number of phenols is 1. The topological polar surface area (TPSA) is 58.0 Å². The van der Waals surface area contributed by atoms with Crippen LogP contribution in [0.5, 0.6) is 5.75 Å². The van der Waals surface area contributed by atoms with Gasteiger partial charge >= 0.3 is 0 Å². The lowest BCUT2D eigenvalue weighted by atomic mass is 10.2. The Morgan fingerprint density at radius 3 is 2.94 bits per heavy atom. The van der Waals surface area contributed by atoms with Gasteiger partial charge in [0.15, 0.2) is 0 Å². The largest absolute Gasteiger partial charge is 0.508 e. The monoisotopic (exact) mass is 237 g/mol. The van der Waals surface area contributed by atoms with Crippen LogP contribution in [-0.4, -0.2) is 28.7 Å². The van der Waals surface area contributed by atoms with Crippen LogP contribution in [0, 0.1) is 0 Å². The Kier molecular flexibility index (Phi) is 3.22. The Balaban J connectivity index is 2.47. The highest BCUT2D eigenvalue weighted by atomic mass is 35.5. The molecule has 1 heterocycles. The zero-order chi connectivity index (χ0) is 11.5. The van der Waals surface area contributed by atoms with Gasteiger partial charge in [-0.3, -0.25) is 0 Å². The molecule has 16 heavy (non-hydrogen) atoms. The molecule has 0 unspecified atom stereocenters. The van der Waals surface area contributed by atoms with Crippen molar-refractivity contribution >= 4 is 22.5 Å². The van der Waals surface area contributed by atoms with Crippen LogP contribution in [-0.2, 0) is 6.42 Å². The summed E-state index contributed by atoms with van der Waals surface area (Å²) in [5, 5.41) is 13.6. The van der Waals surface area contributed by atoms with E-state index < -0.39 is 0 Å². The third-order valence-electron chi connectivity index (χ3n) is 2.28. The number of benzene rings is 1. The smallest absolute Gasteiger partial charge is 0.140 e. The Bertz CT molecular complexity index is 516. The van der Waals surface area contributed by atoms with E-state index in [4.69, 9.17) is 11.6 Å². The van der Waals surface area contributed by atoms with Gasteiger partial charge in [0.25, 0.3) is 0 Å². The average Bonchev–Trinajstić information content (AvgIpc) is 2.25. The number of hydrogen-bond donors (Lipinski definition) is 2. The van der Waals surface area contributed by atoms with Gasteiger partial charge in [-0.05, 0) is 19.2 Å². The third-order valence-corrected chi connectivity index (χ3v) is 2.57. The lowest BCUT2D eigenvalue weighted by molar-refractivity contribution is 0.476. The maximum absolute atomic E-state index is 9.37. The summed E-state index contributed by atoms with van der Waals surface area (Å²) in [5.74, 6) is 0.860. The molecular formula is C11H12ClN3O. The summed E-state index contributed by atoms with van der Waals surface area (Å²) in [5.41, 5.74) is 0.672. The van der Waals surface area contributed by atoms with Gasteiger partial charge in [-0.15, -0.1) is 0 Å². The van der Waals surface area contributed by atoms with Crippen molar-refractivity contribution in [3.8, 4) is 5.75 Å². The molecule has 0 aliphatic carbocycles. The zero-order valence-corrected chi connectivity index (χ0v) is 9.62. The van der Waals surface area contributed by atoms with Gasteiger partial charge in [0.05, 0.1) is 5.52 Å². The van der Waals surface area contributed by atoms with Crippen LogP contribution in [0.25, 0.3) is 10.9 Å². The SMILES string of the molecule is CNCCc1nc(Cl)c2ccc(O)cc2n1. The highest BCUT2D eigenvalue weighted by molar-refractivity contribution is 6.34. The number of likely N-dealkylation sites (N-methyl/N-ethyl adjacent to an activating group) is 1. The Morgan fingerprint density at radius 1 is 1.38 bits per heavy atom. The number of nitrogens with zero attached hydrogens (tertiary/aromatic N) is 2. The van der Waals surface area contributed by atoms with Gasteiger partial charge in [-0.1, -0.05) is 11.6 Å². The normalized spacial score (nSPS) is 10.9. The number of nitrogens with one attached hydrogen (secondary N) is 1. The van der Waals surface area contributed by atoms with Crippen LogP contribution in [0.15, 0.2) is 18.2 Å². The second-order valence-electron chi connectivity index (χ2n) is 3.49. The molecule has 2 aromatic rings. The number of aromatic hydroxyl groups is 1. The summed E-state index contributed by atoms with van der Waals surface area (Å²) >= 11 is 6.04. The molecule has 0 saturated carbocycles. The molecule has 2 N–H and O–H groups in total. The Labute approximate surface area is 98.3 Å². The minimum absolute atomic E-state index is 0.182. The molecular weight excluding hydrogens is 226 g/mol. The first-order valence-electron chi connectivity index (χ1n) is 5.00. The fourth-order valence-electron chi connectivity index (χ4n) is 1.47. The van der Waals surface area contributed by atoms with E-state index >= 15 is 0 Å². The lowest BCUT2D eigenvalue weighted by Gasteiger charge is -2.04. The van der Waals surface area contributed by atoms with E-state index in [1.54, 1.807) is 18.2 Å². The second-order valence-corrected chi connectivity index (χ2v) is 3.84. The highest BCUT2D eigenvalue weighted by Gasteiger charge is 2.06. The Morgan fingerprint density at radius 2 is 2.19 bits per heavy atom. The van der Waals surface area contributed by atoms with Gasteiger partial charge in [0.2, 0.25) is 0 Å². The van der Waals surface area contributed by atoms with E-state index in [1.165, 1.54) is 0 Å². The van der Waals surface area contributed by atoms with E-state index in [1.807, 2.05) is 7.05 Å². The number of halogens is 1. The summed E-state index contributed by atoms with van der Waals surface area (Å²) < 4.78 is 0. The molecule has 2 rings (SSSR count). The standard InChI is InChI=1S/C11H12ClN3O/c1-13-5-4-10-14-9-6-7(16)2-3-8(9)11(12)15-10/h2-3,6,13,16H,4-5H2,1H3. The van der Waals surface area contributed by atoms with Crippen LogP contribution in [0.3, 0.4) is 0 Å². The molecule has 0 fully saturated rings. The summed E-state index contributed by atoms with van der Waals surface area (Å²) in [4.78, 5) is 8.54. The van der Waals surface area contributed by atoms with Gasteiger partial charge < -0.3 is 10.4 Å². The summed E-state index contributed by atoms with van der Waals surface area (Å²) in [6.45, 7) is 0.792. The van der Waals surface area contributed by atoms with Gasteiger partial charge in [-0.25, -0.2) is 9.97 Å². The van der Waals surface area contributed by atoms with Crippen molar-refractivity contribution in [3.63, 3.8) is 0 Å². The highest BCUT2D eigenvalue weighted by Crippen LogP contribution is 2.23. The van der Waals surface area contributed by atoms with E-state index in [-0.39, 0.29) is 5.75 Å². The number of rotatable bonds is 3. The van der Waals surface area contributed by atoms with Crippen molar-refractivity contribution in [1.29, 1.82) is 0 Å². The van der Waals surface area contributed by atoms with E-state index in [0.717, 1.165) is 11.9 Å². The first-order valence-corrected chi connectivity index (χ1v) is 5.38. The molecule has 0 spiro atoms. The quantitative estimate of drug-likeness (QED) is 0.799. The summed E-state index contributed by atoms with van der Waals surface area (Å²) in [7, 11) is 1.87. The Hall–Kier alpha value is -1.39. The minimum Gasteiger partial charge on any atom is -0.508 e. The molecule has 5 heteroatoms. The van der Waals surface area contributed by atoms with Crippen molar-refractivity contribution in [1.82, 2.24) is 15.3 Å². The van der Waals surface area contributed by atoms with Gasteiger partial charge in [0.1, 0.15) is 16.7 Å². The predicted octanol–water partition coefficient (Wildman–Crippen LogP) is 1.75. The van der Waals surface area contributed by atoms with Crippen molar-refractivity contribution in [2.24, 2.45) is 0 Å². The fourth-order valence-corrected chi connectivity index (χ4v) is 1.73. The van der Waals surface area contributed by atoms with Crippen LogP contribution in [0.2, 0.25) is 5.15 Å². The average molecular weight is 238 g/mol. The maximum Gasteiger partial charge on any atom is 0.140 e. The van der Waals surface area contributed by atoms with E-state index in [2.05, 4.69) is 15.3 Å².